The van der Waals surface area contributed by atoms with Gasteiger partial charge in [-0.2, -0.15) is 0 Å². The third kappa shape index (κ3) is 4.41. The van der Waals surface area contributed by atoms with Gasteiger partial charge in [0.2, 0.25) is 0 Å². The molecule has 6 nitrogen and oxygen atoms in total. The fraction of sp³-hybridized carbons (Fsp3) is 0. The minimum atomic E-state index is -3.90. The van der Waals surface area contributed by atoms with Crippen LogP contribution >= 0.6 is 46.1 Å². The van der Waals surface area contributed by atoms with Gasteiger partial charge in [0.05, 0.1) is 25.4 Å². The van der Waals surface area contributed by atoms with Crippen LogP contribution in [0.5, 0.6) is 0 Å². The molecule has 0 amide bonds. The van der Waals surface area contributed by atoms with Crippen molar-refractivity contribution >= 4 is 84.5 Å². The average Bonchev–Trinajstić information content (AvgIpc) is 3.12. The molecule has 0 atom stereocenters. The maximum Gasteiger partial charge on any atom is 0.272 e. The Morgan fingerprint density at radius 1 is 0.828 bits per heavy atom. The highest BCUT2D eigenvalue weighted by atomic mass is 35.5. The van der Waals surface area contributed by atoms with Gasteiger partial charge >= 0.3 is 0 Å². The van der Waals surface area contributed by atoms with Gasteiger partial charge in [0.15, 0.2) is 11.6 Å². The number of rotatable bonds is 5. The number of nitrogens with zero attached hydrogens (tertiary/aromatic N) is 2. The second-order valence-electron chi connectivity index (χ2n) is 5.83. The highest BCUT2D eigenvalue weighted by molar-refractivity contribution is 7.94. The van der Waals surface area contributed by atoms with Crippen LogP contribution in [0.2, 0.25) is 14.4 Å². The van der Waals surface area contributed by atoms with Gasteiger partial charge in [-0.1, -0.05) is 46.9 Å². The predicted octanol–water partition coefficient (Wildman–Crippen LogP) is 6.20. The number of sulfonamides is 1. The minimum absolute atomic E-state index is 0.0410. The first-order valence-electron chi connectivity index (χ1n) is 8.09. The molecule has 0 fully saturated rings. The number of fused-ring (bicyclic) bond motifs is 1. The summed E-state index contributed by atoms with van der Waals surface area (Å²) < 4.78 is 28.4. The molecule has 2 heterocycles. The second-order valence-corrected chi connectivity index (χ2v) is 10.3. The fourth-order valence-electron chi connectivity index (χ4n) is 2.49. The molecule has 0 radical (unpaired) electrons. The largest absolute Gasteiger partial charge is 0.337 e. The summed E-state index contributed by atoms with van der Waals surface area (Å²) >= 11 is 18.9. The van der Waals surface area contributed by atoms with Crippen molar-refractivity contribution in [3.63, 3.8) is 0 Å². The van der Waals surface area contributed by atoms with Crippen molar-refractivity contribution in [2.24, 2.45) is 0 Å². The van der Waals surface area contributed by atoms with Crippen molar-refractivity contribution in [3.8, 4) is 0 Å². The Morgan fingerprint density at radius 2 is 1.52 bits per heavy atom. The van der Waals surface area contributed by atoms with Crippen molar-refractivity contribution in [1.82, 2.24) is 9.97 Å². The first kappa shape index (κ1) is 20.2. The van der Waals surface area contributed by atoms with Crippen LogP contribution in [0.25, 0.3) is 11.0 Å². The zero-order valence-corrected chi connectivity index (χ0v) is 18.3. The molecule has 148 valence electrons. The summed E-state index contributed by atoms with van der Waals surface area (Å²) in [5, 5.41) is 3.79. The molecule has 0 unspecified atom stereocenters. The third-order valence-corrected chi connectivity index (χ3v) is 7.60. The van der Waals surface area contributed by atoms with Gasteiger partial charge in [0.25, 0.3) is 10.0 Å². The Kier molecular flexibility index (Phi) is 5.54. The van der Waals surface area contributed by atoms with Crippen molar-refractivity contribution in [1.29, 1.82) is 0 Å². The third-order valence-electron chi connectivity index (χ3n) is 3.80. The van der Waals surface area contributed by atoms with E-state index in [1.54, 1.807) is 36.4 Å². The van der Waals surface area contributed by atoms with Crippen LogP contribution in [0, 0.1) is 0 Å². The summed E-state index contributed by atoms with van der Waals surface area (Å²) in [6.45, 7) is 0. The standard InChI is InChI=1S/C18H11Cl3N4O2S2/c19-11-6-5-10(9-12(11)20)22-17-18(24-14-4-2-1-3-13(14)23-17)25-29(26,27)16-8-7-15(21)28-16/h1-9H,(H,22,23)(H,24,25). The highest BCUT2D eigenvalue weighted by Crippen LogP contribution is 2.32. The Bertz CT molecular complexity index is 1330. The van der Waals surface area contributed by atoms with Crippen LogP contribution in [0.3, 0.4) is 0 Å². The number of anilines is 3. The lowest BCUT2D eigenvalue weighted by atomic mass is 10.3. The first-order chi connectivity index (χ1) is 13.8. The van der Waals surface area contributed by atoms with E-state index in [0.29, 0.717) is 31.1 Å². The number of thiophene rings is 1. The van der Waals surface area contributed by atoms with Crippen LogP contribution in [0.15, 0.2) is 58.8 Å². The lowest BCUT2D eigenvalue weighted by molar-refractivity contribution is 0.603. The van der Waals surface area contributed by atoms with Gasteiger partial charge < -0.3 is 5.32 Å². The van der Waals surface area contributed by atoms with Gasteiger partial charge in [-0.25, -0.2) is 18.4 Å². The summed E-state index contributed by atoms with van der Waals surface area (Å²) in [7, 11) is -3.90. The molecule has 4 rings (SSSR count). The summed E-state index contributed by atoms with van der Waals surface area (Å²) in [6.07, 6.45) is 0. The van der Waals surface area contributed by atoms with Crippen molar-refractivity contribution < 1.29 is 8.42 Å². The molecular weight excluding hydrogens is 475 g/mol. The molecule has 0 aliphatic rings. The maximum atomic E-state index is 12.8. The molecule has 2 N–H and O–H groups in total. The van der Waals surface area contributed by atoms with Crippen molar-refractivity contribution in [3.05, 3.63) is 69.0 Å². The monoisotopic (exact) mass is 484 g/mol. The van der Waals surface area contributed by atoms with Crippen molar-refractivity contribution in [2.45, 2.75) is 4.21 Å². The predicted molar refractivity (Wildman–Crippen MR) is 119 cm³/mol. The second kappa shape index (κ2) is 7.97. The normalized spacial score (nSPS) is 11.6. The van der Waals surface area contributed by atoms with Crippen molar-refractivity contribution in [2.75, 3.05) is 10.0 Å². The van der Waals surface area contributed by atoms with Crippen LogP contribution in [-0.2, 0) is 10.0 Å². The van der Waals surface area contributed by atoms with Gasteiger partial charge in [0.1, 0.15) is 4.21 Å². The molecule has 0 bridgehead atoms. The lowest BCUT2D eigenvalue weighted by Gasteiger charge is -2.13. The molecule has 2 aromatic heterocycles. The number of benzene rings is 2. The molecule has 29 heavy (non-hydrogen) atoms. The van der Waals surface area contributed by atoms with E-state index < -0.39 is 10.0 Å². The Hall–Kier alpha value is -2.10. The molecule has 4 aromatic rings. The summed E-state index contributed by atoms with van der Waals surface area (Å²) in [6, 6.07) is 15.0. The van der Waals surface area contributed by atoms with Gasteiger partial charge in [0, 0.05) is 5.69 Å². The Balaban J connectivity index is 1.78. The molecule has 0 saturated carbocycles. The maximum absolute atomic E-state index is 12.8. The Morgan fingerprint density at radius 3 is 2.14 bits per heavy atom. The number of para-hydroxylation sites is 2. The summed E-state index contributed by atoms with van der Waals surface area (Å²) in [4.78, 5) is 8.93. The SMILES string of the molecule is O=S(=O)(Nc1nc2ccccc2nc1Nc1ccc(Cl)c(Cl)c1)c1ccc(Cl)s1. The smallest absolute Gasteiger partial charge is 0.272 e. The topological polar surface area (TPSA) is 84.0 Å². The van der Waals surface area contributed by atoms with Crippen LogP contribution in [-0.4, -0.2) is 18.4 Å². The Labute approximate surface area is 185 Å². The fourth-order valence-corrected chi connectivity index (χ4v) is 5.28. The van der Waals surface area contributed by atoms with Gasteiger partial charge in [-0.15, -0.1) is 11.3 Å². The van der Waals surface area contributed by atoms with E-state index in [1.807, 2.05) is 6.07 Å². The molecule has 0 aliphatic heterocycles. The van der Waals surface area contributed by atoms with Crippen LogP contribution < -0.4 is 10.0 Å². The number of nitrogens with one attached hydrogen (secondary N) is 2. The number of hydrogen-bond donors (Lipinski definition) is 2. The molecule has 0 saturated heterocycles. The average molecular weight is 486 g/mol. The number of halogens is 3. The summed E-state index contributed by atoms with van der Waals surface area (Å²) in [5.74, 6) is 0.257. The highest BCUT2D eigenvalue weighted by Gasteiger charge is 2.21. The van der Waals surface area contributed by atoms with E-state index in [4.69, 9.17) is 34.8 Å². The lowest BCUT2D eigenvalue weighted by Crippen LogP contribution is -2.15. The van der Waals surface area contributed by atoms with Crippen LogP contribution in [0.4, 0.5) is 17.3 Å². The zero-order valence-electron chi connectivity index (χ0n) is 14.4. The van der Waals surface area contributed by atoms with E-state index in [0.717, 1.165) is 11.3 Å². The summed E-state index contributed by atoms with van der Waals surface area (Å²) in [5.41, 5.74) is 1.70. The molecular formula is C18H11Cl3N4O2S2. The van der Waals surface area contributed by atoms with E-state index in [1.165, 1.54) is 12.1 Å². The zero-order chi connectivity index (χ0) is 20.6. The minimum Gasteiger partial charge on any atom is -0.337 e. The molecule has 0 spiro atoms. The van der Waals surface area contributed by atoms with Gasteiger partial charge in [-0.05, 0) is 42.5 Å². The quantitative estimate of drug-likeness (QED) is 0.352. The van der Waals surface area contributed by atoms with Gasteiger partial charge in [-0.3, -0.25) is 4.72 Å². The molecule has 0 aliphatic carbocycles. The first-order valence-corrected chi connectivity index (χ1v) is 11.5. The van der Waals surface area contributed by atoms with E-state index >= 15 is 0 Å². The van der Waals surface area contributed by atoms with Crippen LogP contribution in [0.1, 0.15) is 0 Å². The number of hydrogen-bond acceptors (Lipinski definition) is 6. The molecule has 11 heteroatoms. The van der Waals surface area contributed by atoms with E-state index in [9.17, 15) is 8.42 Å². The van der Waals surface area contributed by atoms with E-state index in [-0.39, 0.29) is 15.8 Å². The molecule has 2 aromatic carbocycles. The number of aromatic nitrogens is 2. The van der Waals surface area contributed by atoms with E-state index in [2.05, 4.69) is 20.0 Å².